The fourth-order valence-corrected chi connectivity index (χ4v) is 5.10. The largest absolute Gasteiger partial charge is 0.491 e. The zero-order valence-corrected chi connectivity index (χ0v) is 21.6. The van der Waals surface area contributed by atoms with Crippen molar-refractivity contribution < 1.29 is 17.9 Å². The Labute approximate surface area is 226 Å². The summed E-state index contributed by atoms with van der Waals surface area (Å²) in [6.07, 6.45) is 1.66. The summed E-state index contributed by atoms with van der Waals surface area (Å²) in [5, 5.41) is 10.2. The van der Waals surface area contributed by atoms with Crippen LogP contribution in [0.15, 0.2) is 114 Å². The number of hydrogen-bond donors (Lipinski definition) is 3. The average Bonchev–Trinajstić information content (AvgIpc) is 2.95. The van der Waals surface area contributed by atoms with E-state index in [4.69, 9.17) is 15.6 Å². The lowest BCUT2D eigenvalue weighted by atomic mass is 10.0. The summed E-state index contributed by atoms with van der Waals surface area (Å²) >= 11 is 0. The molecule has 0 fully saturated rings. The molecule has 4 aromatic carbocycles. The predicted octanol–water partition coefficient (Wildman–Crippen LogP) is 4.68. The normalized spacial score (nSPS) is 12.1. The van der Waals surface area contributed by atoms with Crippen LogP contribution in [0, 0.1) is 0 Å². The molecule has 0 saturated carbocycles. The van der Waals surface area contributed by atoms with Gasteiger partial charge in [0.1, 0.15) is 18.2 Å². The molecule has 9 heteroatoms. The lowest BCUT2D eigenvalue weighted by molar-refractivity contribution is 0.0921. The van der Waals surface area contributed by atoms with E-state index < -0.39 is 16.1 Å². The van der Waals surface area contributed by atoms with Gasteiger partial charge < -0.3 is 15.8 Å². The molecular weight excluding hydrogens is 512 g/mol. The number of benzene rings is 4. The number of carbonyl (C=O) groups is 1. The first kappa shape index (κ1) is 25.9. The minimum atomic E-state index is -3.90. The topological polar surface area (TPSA) is 137 Å². The summed E-state index contributed by atoms with van der Waals surface area (Å²) in [4.78, 5) is 17.4. The molecular formula is C30H26N4O4S. The van der Waals surface area contributed by atoms with Gasteiger partial charge in [0.05, 0.1) is 10.9 Å². The van der Waals surface area contributed by atoms with Crippen LogP contribution in [-0.2, 0) is 10.0 Å². The number of ether oxygens (including phenoxy) is 1. The lowest BCUT2D eigenvalue weighted by Crippen LogP contribution is -2.32. The predicted molar refractivity (Wildman–Crippen MR) is 152 cm³/mol. The van der Waals surface area contributed by atoms with E-state index in [-0.39, 0.29) is 17.4 Å². The highest BCUT2D eigenvalue weighted by Gasteiger charge is 2.18. The average molecular weight is 539 g/mol. The van der Waals surface area contributed by atoms with Crippen molar-refractivity contribution in [2.24, 2.45) is 5.14 Å². The van der Waals surface area contributed by atoms with Gasteiger partial charge in [0.25, 0.3) is 5.91 Å². The number of nitrogens with one attached hydrogen (secondary N) is 1. The highest BCUT2D eigenvalue weighted by atomic mass is 32.2. The van der Waals surface area contributed by atoms with Crippen molar-refractivity contribution in [3.8, 4) is 16.9 Å². The number of nitrogens with two attached hydrogens (primary N) is 2. The van der Waals surface area contributed by atoms with Crippen LogP contribution in [0.2, 0.25) is 0 Å². The summed E-state index contributed by atoms with van der Waals surface area (Å²) in [5.74, 6) is 0.724. The number of rotatable bonds is 8. The quantitative estimate of drug-likeness (QED) is 0.262. The number of carbonyl (C=O) groups excluding carboxylic acids is 1. The fourth-order valence-electron chi connectivity index (χ4n) is 4.34. The van der Waals surface area contributed by atoms with E-state index in [9.17, 15) is 13.2 Å². The highest BCUT2D eigenvalue weighted by molar-refractivity contribution is 7.89. The second-order valence-corrected chi connectivity index (χ2v) is 10.5. The van der Waals surface area contributed by atoms with Crippen LogP contribution in [0.4, 0.5) is 5.82 Å². The van der Waals surface area contributed by atoms with Crippen molar-refractivity contribution in [1.82, 2.24) is 10.3 Å². The maximum absolute atomic E-state index is 13.2. The molecule has 0 aliphatic carbocycles. The Balaban J connectivity index is 1.35. The van der Waals surface area contributed by atoms with E-state index in [1.165, 1.54) is 6.07 Å². The van der Waals surface area contributed by atoms with E-state index in [0.717, 1.165) is 16.3 Å². The smallest absolute Gasteiger partial charge is 0.251 e. The number of anilines is 1. The number of nitrogens with zero attached hydrogens (tertiary/aromatic N) is 1. The monoisotopic (exact) mass is 538 g/mol. The molecule has 1 unspecified atom stereocenters. The number of aromatic nitrogens is 1. The standard InChI is InChI=1S/C30H26N4O4S/c31-29-26-18-24(15-14-21(26)16-17-33-29)38-19-27(22-6-2-1-3-7-22)34-30(35)23-12-10-20(11-13-23)25-8-4-5-9-28(25)39(32,36)37/h1-18,27H,19H2,(H2,31,33)(H,34,35)(H2,32,36,37). The summed E-state index contributed by atoms with van der Waals surface area (Å²) < 4.78 is 30.1. The van der Waals surface area contributed by atoms with E-state index in [0.29, 0.717) is 28.3 Å². The number of pyridine rings is 1. The Morgan fingerprint density at radius 2 is 1.62 bits per heavy atom. The number of nitrogen functional groups attached to an aromatic ring is 1. The van der Waals surface area contributed by atoms with Gasteiger partial charge in [-0.1, -0.05) is 66.7 Å². The fraction of sp³-hybridized carbons (Fsp3) is 0.0667. The first-order valence-electron chi connectivity index (χ1n) is 12.1. The van der Waals surface area contributed by atoms with E-state index >= 15 is 0 Å². The van der Waals surface area contributed by atoms with Gasteiger partial charge in [-0.2, -0.15) is 0 Å². The van der Waals surface area contributed by atoms with Gasteiger partial charge in [0, 0.05) is 22.7 Å². The summed E-state index contributed by atoms with van der Waals surface area (Å²) in [6.45, 7) is 0.182. The van der Waals surface area contributed by atoms with Gasteiger partial charge in [0.15, 0.2) is 0 Å². The SMILES string of the molecule is Nc1nccc2ccc(OCC(NC(=O)c3ccc(-c4ccccc4S(N)(=O)=O)cc3)c3ccccc3)cc12. The van der Waals surface area contributed by atoms with E-state index in [1.54, 1.807) is 48.7 Å². The zero-order valence-electron chi connectivity index (χ0n) is 20.8. The zero-order chi connectivity index (χ0) is 27.4. The number of sulfonamides is 1. The molecule has 5 rings (SSSR count). The molecule has 1 aromatic heterocycles. The van der Waals surface area contributed by atoms with Crippen LogP contribution in [0.3, 0.4) is 0 Å². The van der Waals surface area contributed by atoms with Gasteiger partial charge in [-0.25, -0.2) is 18.5 Å². The van der Waals surface area contributed by atoms with Crippen molar-refractivity contribution in [3.05, 3.63) is 120 Å². The molecule has 1 amide bonds. The molecule has 5 aromatic rings. The Bertz CT molecular complexity index is 1740. The molecule has 0 spiro atoms. The highest BCUT2D eigenvalue weighted by Crippen LogP contribution is 2.28. The third kappa shape index (κ3) is 5.90. The Hall–Kier alpha value is -4.73. The third-order valence-corrected chi connectivity index (χ3v) is 7.31. The minimum Gasteiger partial charge on any atom is -0.491 e. The maximum atomic E-state index is 13.2. The van der Waals surface area contributed by atoms with Gasteiger partial charge >= 0.3 is 0 Å². The second kappa shape index (κ2) is 10.9. The Morgan fingerprint density at radius 1 is 0.897 bits per heavy atom. The summed E-state index contributed by atoms with van der Waals surface area (Å²) in [6, 6.07) is 29.7. The molecule has 1 heterocycles. The van der Waals surface area contributed by atoms with Gasteiger partial charge in [-0.15, -0.1) is 0 Å². The van der Waals surface area contributed by atoms with Crippen molar-refractivity contribution in [1.29, 1.82) is 0 Å². The molecule has 0 aliphatic heterocycles. The van der Waals surface area contributed by atoms with Gasteiger partial charge in [0.2, 0.25) is 10.0 Å². The van der Waals surface area contributed by atoms with Crippen LogP contribution in [0.1, 0.15) is 22.0 Å². The molecule has 0 aliphatic rings. The molecule has 39 heavy (non-hydrogen) atoms. The van der Waals surface area contributed by atoms with Crippen molar-refractivity contribution in [3.63, 3.8) is 0 Å². The molecule has 196 valence electrons. The van der Waals surface area contributed by atoms with Gasteiger partial charge in [-0.05, 0) is 52.9 Å². The van der Waals surface area contributed by atoms with Crippen molar-refractivity contribution in [2.75, 3.05) is 12.3 Å². The van der Waals surface area contributed by atoms with E-state index in [1.807, 2.05) is 54.6 Å². The Morgan fingerprint density at radius 3 is 2.36 bits per heavy atom. The van der Waals surface area contributed by atoms with Crippen LogP contribution >= 0.6 is 0 Å². The maximum Gasteiger partial charge on any atom is 0.251 e. The van der Waals surface area contributed by atoms with Crippen LogP contribution in [-0.4, -0.2) is 25.9 Å². The van der Waals surface area contributed by atoms with Gasteiger partial charge in [-0.3, -0.25) is 4.79 Å². The number of amides is 1. The molecule has 1 atom stereocenters. The summed E-state index contributed by atoms with van der Waals surface area (Å²) in [7, 11) is -3.90. The molecule has 0 radical (unpaired) electrons. The molecule has 0 bridgehead atoms. The molecule has 5 N–H and O–H groups in total. The number of hydrogen-bond acceptors (Lipinski definition) is 6. The van der Waals surface area contributed by atoms with Crippen LogP contribution in [0.25, 0.3) is 21.9 Å². The second-order valence-electron chi connectivity index (χ2n) is 8.95. The first-order chi connectivity index (χ1) is 18.8. The third-order valence-electron chi connectivity index (χ3n) is 6.34. The lowest BCUT2D eigenvalue weighted by Gasteiger charge is -2.20. The first-order valence-corrected chi connectivity index (χ1v) is 13.7. The van der Waals surface area contributed by atoms with Crippen molar-refractivity contribution in [2.45, 2.75) is 10.9 Å². The number of fused-ring (bicyclic) bond motifs is 1. The minimum absolute atomic E-state index is 0.0229. The number of primary sulfonamides is 1. The van der Waals surface area contributed by atoms with Crippen LogP contribution < -0.4 is 20.9 Å². The molecule has 0 saturated heterocycles. The van der Waals surface area contributed by atoms with E-state index in [2.05, 4.69) is 10.3 Å². The summed E-state index contributed by atoms with van der Waals surface area (Å²) in [5.41, 5.74) is 8.41. The Kier molecular flexibility index (Phi) is 7.27. The molecule has 8 nitrogen and oxygen atoms in total. The van der Waals surface area contributed by atoms with Crippen LogP contribution in [0.5, 0.6) is 5.75 Å². The van der Waals surface area contributed by atoms with Crippen molar-refractivity contribution >= 4 is 32.5 Å².